The van der Waals surface area contributed by atoms with Gasteiger partial charge in [0.1, 0.15) is 12.4 Å². The molecule has 0 bridgehead atoms. The molecular weight excluding hydrogens is 381 g/mol. The molecule has 3 aromatic rings. The zero-order valence-corrected chi connectivity index (χ0v) is 15.8. The number of carbonyl (C=O) groups is 1. The van der Waals surface area contributed by atoms with Gasteiger partial charge in [0, 0.05) is 26.2 Å². The molecule has 0 saturated carbocycles. The second-order valence-corrected chi connectivity index (χ2v) is 7.79. The van der Waals surface area contributed by atoms with Crippen LogP contribution in [0, 0.1) is 5.82 Å². The minimum absolute atomic E-state index is 0.0551. The molecule has 1 unspecified atom stereocenters. The smallest absolute Gasteiger partial charge is 0.267 e. The lowest BCUT2D eigenvalue weighted by molar-refractivity contribution is -0.141. The molecule has 28 heavy (non-hydrogen) atoms. The highest BCUT2D eigenvalue weighted by Crippen LogP contribution is 2.32. The van der Waals surface area contributed by atoms with E-state index in [4.69, 9.17) is 9.47 Å². The molecule has 0 spiro atoms. The molecule has 2 aliphatic rings. The van der Waals surface area contributed by atoms with E-state index in [9.17, 15) is 9.18 Å². The van der Waals surface area contributed by atoms with Crippen molar-refractivity contribution >= 4 is 32.6 Å². The number of para-hydroxylation sites is 2. The number of anilines is 1. The Morgan fingerprint density at radius 3 is 2.71 bits per heavy atom. The number of fused-ring (bicyclic) bond motifs is 2. The summed E-state index contributed by atoms with van der Waals surface area (Å²) in [6.45, 7) is 2.76. The Balaban J connectivity index is 1.23. The van der Waals surface area contributed by atoms with Crippen molar-refractivity contribution in [1.82, 2.24) is 9.88 Å². The molecule has 1 atom stereocenters. The third kappa shape index (κ3) is 3.13. The summed E-state index contributed by atoms with van der Waals surface area (Å²) in [5.74, 6) is 0.964. The third-order valence-electron chi connectivity index (χ3n) is 4.99. The van der Waals surface area contributed by atoms with Gasteiger partial charge in [-0.3, -0.25) is 4.79 Å². The molecule has 5 rings (SSSR count). The highest BCUT2D eigenvalue weighted by atomic mass is 32.1. The highest BCUT2D eigenvalue weighted by molar-refractivity contribution is 7.22. The Morgan fingerprint density at radius 2 is 1.89 bits per heavy atom. The summed E-state index contributed by atoms with van der Waals surface area (Å²) >= 11 is 1.47. The number of amides is 1. The summed E-state index contributed by atoms with van der Waals surface area (Å²) < 4.78 is 25.7. The lowest BCUT2D eigenvalue weighted by Crippen LogP contribution is -2.54. The van der Waals surface area contributed by atoms with Crippen LogP contribution in [0.2, 0.25) is 0 Å². The molecule has 2 aromatic carbocycles. The number of hydrogen-bond donors (Lipinski definition) is 0. The first kappa shape index (κ1) is 17.2. The van der Waals surface area contributed by atoms with E-state index in [2.05, 4.69) is 9.88 Å². The zero-order chi connectivity index (χ0) is 19.1. The van der Waals surface area contributed by atoms with Gasteiger partial charge in [0.05, 0.1) is 10.2 Å². The summed E-state index contributed by atoms with van der Waals surface area (Å²) in [5, 5.41) is 0.860. The molecule has 0 N–H and O–H groups in total. The van der Waals surface area contributed by atoms with E-state index in [-0.39, 0.29) is 18.3 Å². The van der Waals surface area contributed by atoms with Crippen LogP contribution in [0.25, 0.3) is 10.2 Å². The normalized spacial score (nSPS) is 19.1. The van der Waals surface area contributed by atoms with Crippen molar-refractivity contribution in [2.75, 3.05) is 37.7 Å². The fraction of sp³-hybridized carbons (Fsp3) is 0.300. The van der Waals surface area contributed by atoms with Crippen molar-refractivity contribution in [2.24, 2.45) is 0 Å². The number of halogens is 1. The Morgan fingerprint density at radius 1 is 1.11 bits per heavy atom. The number of aromatic nitrogens is 1. The molecule has 2 aliphatic heterocycles. The monoisotopic (exact) mass is 399 g/mol. The molecule has 1 saturated heterocycles. The van der Waals surface area contributed by atoms with Crippen molar-refractivity contribution in [3.8, 4) is 11.5 Å². The van der Waals surface area contributed by atoms with Crippen LogP contribution in [0.3, 0.4) is 0 Å². The van der Waals surface area contributed by atoms with Crippen molar-refractivity contribution in [3.63, 3.8) is 0 Å². The van der Waals surface area contributed by atoms with E-state index in [1.807, 2.05) is 29.2 Å². The quantitative estimate of drug-likeness (QED) is 0.663. The van der Waals surface area contributed by atoms with Crippen LogP contribution < -0.4 is 14.4 Å². The van der Waals surface area contributed by atoms with E-state index in [1.165, 1.54) is 23.5 Å². The number of piperazine rings is 1. The maximum atomic E-state index is 13.4. The molecule has 0 radical (unpaired) electrons. The topological polar surface area (TPSA) is 54.9 Å². The first-order valence-electron chi connectivity index (χ1n) is 9.16. The van der Waals surface area contributed by atoms with E-state index < -0.39 is 6.10 Å². The number of hydrogen-bond acceptors (Lipinski definition) is 6. The van der Waals surface area contributed by atoms with Crippen LogP contribution >= 0.6 is 11.3 Å². The summed E-state index contributed by atoms with van der Waals surface area (Å²) in [6.07, 6.45) is -0.619. The average molecular weight is 399 g/mol. The molecule has 0 aliphatic carbocycles. The molecule has 1 aromatic heterocycles. The number of carbonyl (C=O) groups excluding carboxylic acids is 1. The second-order valence-electron chi connectivity index (χ2n) is 6.79. The molecule has 1 fully saturated rings. The number of thiazole rings is 1. The van der Waals surface area contributed by atoms with Gasteiger partial charge in [-0.1, -0.05) is 23.5 Å². The van der Waals surface area contributed by atoms with Gasteiger partial charge in [0.15, 0.2) is 16.6 Å². The van der Waals surface area contributed by atoms with Gasteiger partial charge in [0.2, 0.25) is 6.10 Å². The SMILES string of the molecule is O=C(C1COc2ccccc2O1)N1CCN(c2nc3ccc(F)cc3s2)CC1. The van der Waals surface area contributed by atoms with E-state index in [0.717, 1.165) is 15.3 Å². The lowest BCUT2D eigenvalue weighted by atomic mass is 10.2. The Hall–Kier alpha value is -2.87. The van der Waals surface area contributed by atoms with Crippen LogP contribution in [0.15, 0.2) is 42.5 Å². The van der Waals surface area contributed by atoms with E-state index >= 15 is 0 Å². The summed E-state index contributed by atoms with van der Waals surface area (Å²) in [7, 11) is 0. The zero-order valence-electron chi connectivity index (χ0n) is 15.0. The minimum Gasteiger partial charge on any atom is -0.485 e. The number of benzene rings is 2. The second kappa shape index (κ2) is 6.94. The summed E-state index contributed by atoms with van der Waals surface area (Å²) in [4.78, 5) is 21.4. The van der Waals surface area contributed by atoms with Crippen LogP contribution in [-0.2, 0) is 4.79 Å². The number of nitrogens with zero attached hydrogens (tertiary/aromatic N) is 3. The number of rotatable bonds is 2. The van der Waals surface area contributed by atoms with Crippen LogP contribution in [-0.4, -0.2) is 54.7 Å². The maximum Gasteiger partial charge on any atom is 0.267 e. The molecular formula is C20H18FN3O3S. The Kier molecular flexibility index (Phi) is 4.27. The molecule has 144 valence electrons. The standard InChI is InChI=1S/C20H18FN3O3S/c21-13-5-6-14-18(11-13)28-20(22-14)24-9-7-23(8-10-24)19(25)17-12-26-15-3-1-2-4-16(15)27-17/h1-6,11,17H,7-10,12H2. The molecule has 6 nitrogen and oxygen atoms in total. The van der Waals surface area contributed by atoms with Gasteiger partial charge in [-0.05, 0) is 30.3 Å². The van der Waals surface area contributed by atoms with Crippen LogP contribution in [0.1, 0.15) is 0 Å². The lowest BCUT2D eigenvalue weighted by Gasteiger charge is -2.37. The predicted molar refractivity (Wildman–Crippen MR) is 105 cm³/mol. The van der Waals surface area contributed by atoms with Crippen LogP contribution in [0.5, 0.6) is 11.5 Å². The van der Waals surface area contributed by atoms with Crippen molar-refractivity contribution in [3.05, 3.63) is 48.3 Å². The predicted octanol–water partition coefficient (Wildman–Crippen LogP) is 2.92. The van der Waals surface area contributed by atoms with Crippen molar-refractivity contribution < 1.29 is 18.7 Å². The van der Waals surface area contributed by atoms with Gasteiger partial charge >= 0.3 is 0 Å². The van der Waals surface area contributed by atoms with Gasteiger partial charge in [-0.2, -0.15) is 0 Å². The summed E-state index contributed by atoms with van der Waals surface area (Å²) in [5.41, 5.74) is 0.798. The first-order valence-corrected chi connectivity index (χ1v) is 9.97. The molecule has 8 heteroatoms. The van der Waals surface area contributed by atoms with Gasteiger partial charge in [-0.25, -0.2) is 9.37 Å². The fourth-order valence-electron chi connectivity index (χ4n) is 3.48. The van der Waals surface area contributed by atoms with Crippen molar-refractivity contribution in [1.29, 1.82) is 0 Å². The van der Waals surface area contributed by atoms with Gasteiger partial charge < -0.3 is 19.3 Å². The number of ether oxygens (including phenoxy) is 2. The summed E-state index contributed by atoms with van der Waals surface area (Å²) in [6, 6.07) is 12.0. The van der Waals surface area contributed by atoms with E-state index in [1.54, 1.807) is 6.07 Å². The van der Waals surface area contributed by atoms with Gasteiger partial charge in [0.25, 0.3) is 5.91 Å². The molecule has 1 amide bonds. The largest absolute Gasteiger partial charge is 0.485 e. The first-order chi connectivity index (χ1) is 13.7. The van der Waals surface area contributed by atoms with Gasteiger partial charge in [-0.15, -0.1) is 0 Å². The average Bonchev–Trinajstić information content (AvgIpc) is 3.16. The van der Waals surface area contributed by atoms with Crippen molar-refractivity contribution in [2.45, 2.75) is 6.10 Å². The molecule has 3 heterocycles. The highest BCUT2D eigenvalue weighted by Gasteiger charge is 2.33. The Bertz CT molecular complexity index is 1030. The third-order valence-corrected chi connectivity index (χ3v) is 6.06. The van der Waals surface area contributed by atoms with E-state index in [0.29, 0.717) is 37.7 Å². The maximum absolute atomic E-state index is 13.4. The van der Waals surface area contributed by atoms with Crippen LogP contribution in [0.4, 0.5) is 9.52 Å². The fourth-order valence-corrected chi connectivity index (χ4v) is 4.53. The Labute approximate surface area is 165 Å². The minimum atomic E-state index is -0.619.